The summed E-state index contributed by atoms with van der Waals surface area (Å²) in [6.45, 7) is 2.01. The van der Waals surface area contributed by atoms with Crippen LogP contribution in [0, 0.1) is 13.0 Å². The monoisotopic (exact) mass is 666 g/mol. The van der Waals surface area contributed by atoms with Gasteiger partial charge >= 0.3 is 0 Å². The summed E-state index contributed by atoms with van der Waals surface area (Å²) in [5.74, 6) is 0. The Morgan fingerprint density at radius 3 is 2.24 bits per heavy atom. The maximum atomic E-state index is 4.85. The summed E-state index contributed by atoms with van der Waals surface area (Å²) in [4.78, 5) is 9.48. The van der Waals surface area contributed by atoms with Crippen LogP contribution in [-0.4, -0.2) is 18.9 Å². The van der Waals surface area contributed by atoms with E-state index in [1.807, 2.05) is 25.4 Å². The molecule has 38 heavy (non-hydrogen) atoms. The fraction of sp³-hybridized carbons (Fsp3) is 0.0303. The number of benzene rings is 4. The molecular weight excluding hydrogens is 645 g/mol. The summed E-state index contributed by atoms with van der Waals surface area (Å²) in [6, 6.07) is 38.0. The summed E-state index contributed by atoms with van der Waals surface area (Å²) in [5, 5.41) is 4.58. The zero-order chi connectivity index (χ0) is 24.5. The van der Waals surface area contributed by atoms with Gasteiger partial charge in [0, 0.05) is 54.5 Å². The fourth-order valence-corrected chi connectivity index (χ4v) is 5.69. The molecule has 0 aliphatic heterocycles. The molecule has 0 unspecified atom stereocenters. The van der Waals surface area contributed by atoms with Crippen LogP contribution in [-0.2, 0) is 20.1 Å². The van der Waals surface area contributed by atoms with Crippen molar-refractivity contribution in [3.05, 3.63) is 121 Å². The smallest absolute Gasteiger partial charge is 0.0623 e. The van der Waals surface area contributed by atoms with Gasteiger partial charge in [0.05, 0.1) is 16.7 Å². The molecule has 4 heterocycles. The summed E-state index contributed by atoms with van der Waals surface area (Å²) in [7, 11) is 0. The molecule has 0 atom stereocenters. The molecule has 0 aliphatic rings. The van der Waals surface area contributed by atoms with E-state index in [0.717, 1.165) is 44.4 Å². The van der Waals surface area contributed by atoms with Gasteiger partial charge in [-0.15, -0.1) is 12.1 Å². The van der Waals surface area contributed by atoms with Crippen LogP contribution in [0.4, 0.5) is 0 Å². The molecule has 0 fully saturated rings. The first-order chi connectivity index (χ1) is 18.3. The average Bonchev–Trinajstić information content (AvgIpc) is 3.57. The summed E-state index contributed by atoms with van der Waals surface area (Å²) >= 11 is 0. The minimum Gasteiger partial charge on any atom is -0.348 e. The van der Waals surface area contributed by atoms with E-state index in [4.69, 9.17) is 4.98 Å². The van der Waals surface area contributed by atoms with Crippen LogP contribution in [0.2, 0.25) is 0 Å². The molecule has 0 N–H and O–H groups in total. The van der Waals surface area contributed by atoms with Crippen molar-refractivity contribution in [2.45, 2.75) is 6.92 Å². The Morgan fingerprint density at radius 1 is 0.711 bits per heavy atom. The second kappa shape index (κ2) is 8.63. The predicted molar refractivity (Wildman–Crippen MR) is 151 cm³/mol. The molecule has 0 saturated heterocycles. The van der Waals surface area contributed by atoms with Gasteiger partial charge < -0.3 is 14.0 Å². The number of fused-ring (bicyclic) bond motifs is 9. The molecule has 8 rings (SSSR count). The van der Waals surface area contributed by atoms with Gasteiger partial charge in [-0.05, 0) is 58.1 Å². The van der Waals surface area contributed by atoms with Crippen LogP contribution in [0.1, 0.15) is 5.69 Å². The second-order valence-electron chi connectivity index (χ2n) is 9.54. The third-order valence-corrected chi connectivity index (χ3v) is 7.34. The zero-order valence-corrected chi connectivity index (χ0v) is 22.9. The van der Waals surface area contributed by atoms with Crippen LogP contribution in [0.3, 0.4) is 0 Å². The van der Waals surface area contributed by atoms with E-state index in [-0.39, 0.29) is 20.1 Å². The number of pyridine rings is 2. The van der Waals surface area contributed by atoms with Crippen molar-refractivity contribution < 1.29 is 20.1 Å². The first kappa shape index (κ1) is 22.9. The molecule has 0 saturated carbocycles. The van der Waals surface area contributed by atoms with Crippen molar-refractivity contribution in [3.63, 3.8) is 0 Å². The Bertz CT molecular complexity index is 2120. The molecule has 5 heteroatoms. The van der Waals surface area contributed by atoms with E-state index in [2.05, 4.69) is 111 Å². The number of nitrogens with zero attached hydrogens (tertiary/aromatic N) is 4. The largest absolute Gasteiger partial charge is 0.348 e. The van der Waals surface area contributed by atoms with Gasteiger partial charge in [-0.1, -0.05) is 73.0 Å². The molecule has 0 amide bonds. The van der Waals surface area contributed by atoms with Crippen molar-refractivity contribution in [3.8, 4) is 16.8 Å². The van der Waals surface area contributed by atoms with Gasteiger partial charge in [0.15, 0.2) is 0 Å². The Labute approximate surface area is 232 Å². The standard InChI is InChI=1S/C33H21N4.Ir/c1-21-13-15-28-32(35-21)27-16-14-23(20-31(27)36-18-17-34-33(28)36)22-7-6-8-24(19-22)37-29-11-4-2-9-25(29)26-10-3-5-12-30(26)37;/h2-14,16-20H,1H3;/q-1;. The molecule has 1 radical (unpaired) electrons. The molecule has 4 aromatic carbocycles. The van der Waals surface area contributed by atoms with Crippen LogP contribution in [0.5, 0.6) is 0 Å². The average molecular weight is 666 g/mol. The van der Waals surface area contributed by atoms with Gasteiger partial charge in [0.1, 0.15) is 0 Å². The number of aromatic nitrogens is 4. The van der Waals surface area contributed by atoms with E-state index in [1.165, 1.54) is 27.4 Å². The third kappa shape index (κ3) is 3.26. The van der Waals surface area contributed by atoms with Crippen molar-refractivity contribution in [2.24, 2.45) is 0 Å². The fourth-order valence-electron chi connectivity index (χ4n) is 5.69. The number of para-hydroxylation sites is 2. The maximum absolute atomic E-state index is 4.85. The maximum Gasteiger partial charge on any atom is 0.0623 e. The summed E-state index contributed by atoms with van der Waals surface area (Å²) in [6.07, 6.45) is 3.86. The number of aryl methyl sites for hydroxylation is 1. The topological polar surface area (TPSA) is 35.1 Å². The molecule has 0 spiro atoms. The Hall–Kier alpha value is -4.31. The molecule has 0 bridgehead atoms. The van der Waals surface area contributed by atoms with Crippen molar-refractivity contribution in [1.29, 1.82) is 0 Å². The van der Waals surface area contributed by atoms with Crippen LogP contribution in [0.15, 0.2) is 109 Å². The van der Waals surface area contributed by atoms with Crippen LogP contribution >= 0.6 is 0 Å². The minimum absolute atomic E-state index is 0. The Balaban J connectivity index is 0.00000242. The number of hydrogen-bond acceptors (Lipinski definition) is 2. The quantitative estimate of drug-likeness (QED) is 0.139. The van der Waals surface area contributed by atoms with Gasteiger partial charge in [0.2, 0.25) is 0 Å². The van der Waals surface area contributed by atoms with E-state index in [1.54, 1.807) is 0 Å². The molecule has 4 nitrogen and oxygen atoms in total. The van der Waals surface area contributed by atoms with E-state index in [0.29, 0.717) is 0 Å². The minimum atomic E-state index is 0. The first-order valence-electron chi connectivity index (χ1n) is 12.4. The third-order valence-electron chi connectivity index (χ3n) is 7.34. The van der Waals surface area contributed by atoms with Gasteiger partial charge in [-0.25, -0.2) is 0 Å². The molecule has 0 aliphatic carbocycles. The van der Waals surface area contributed by atoms with Gasteiger partial charge in [-0.3, -0.25) is 4.98 Å². The normalized spacial score (nSPS) is 11.6. The van der Waals surface area contributed by atoms with Crippen molar-refractivity contribution >= 4 is 49.3 Å². The van der Waals surface area contributed by atoms with E-state index < -0.39 is 0 Å². The number of hydrogen-bond donors (Lipinski definition) is 0. The zero-order valence-electron chi connectivity index (χ0n) is 20.5. The van der Waals surface area contributed by atoms with E-state index >= 15 is 0 Å². The summed E-state index contributed by atoms with van der Waals surface area (Å²) in [5.41, 5.74) is 9.75. The van der Waals surface area contributed by atoms with Crippen LogP contribution < -0.4 is 0 Å². The predicted octanol–water partition coefficient (Wildman–Crippen LogP) is 7.91. The Morgan fingerprint density at radius 2 is 1.45 bits per heavy atom. The second-order valence-corrected chi connectivity index (χ2v) is 9.54. The molecule has 8 aromatic rings. The number of imidazole rings is 1. The molecule has 183 valence electrons. The molecule has 4 aromatic heterocycles. The van der Waals surface area contributed by atoms with Crippen molar-refractivity contribution in [1.82, 2.24) is 18.9 Å². The molecular formula is C33H21IrN4-. The van der Waals surface area contributed by atoms with Crippen LogP contribution in [0.25, 0.3) is 66.1 Å². The Kier molecular flexibility index (Phi) is 5.19. The van der Waals surface area contributed by atoms with Gasteiger partial charge in [0.25, 0.3) is 0 Å². The number of rotatable bonds is 2. The first-order valence-corrected chi connectivity index (χ1v) is 12.4. The summed E-state index contributed by atoms with van der Waals surface area (Å²) < 4.78 is 4.50. The van der Waals surface area contributed by atoms with Gasteiger partial charge in [-0.2, -0.15) is 0 Å². The van der Waals surface area contributed by atoms with Crippen molar-refractivity contribution in [2.75, 3.05) is 0 Å². The van der Waals surface area contributed by atoms with E-state index in [9.17, 15) is 0 Å². The SMILES string of the molecule is Cc1c[c-]c2c(n1)c1ccc(-c3cccc(-n4c5ccccc5c5ccccc54)c3)cc1n1ccnc21.[Ir].